The highest BCUT2D eigenvalue weighted by Crippen LogP contribution is 2.36. The van der Waals surface area contributed by atoms with E-state index < -0.39 is 0 Å². The molecule has 5 heteroatoms. The highest BCUT2D eigenvalue weighted by molar-refractivity contribution is 5.73. The van der Waals surface area contributed by atoms with Crippen LogP contribution < -0.4 is 15.2 Å². The van der Waals surface area contributed by atoms with Crippen LogP contribution in [0.1, 0.15) is 0 Å². The smallest absolute Gasteiger partial charge is 0.141 e. The molecule has 17 heavy (non-hydrogen) atoms. The van der Waals surface area contributed by atoms with Crippen molar-refractivity contribution in [1.29, 1.82) is 0 Å². The van der Waals surface area contributed by atoms with E-state index in [4.69, 9.17) is 15.2 Å². The summed E-state index contributed by atoms with van der Waals surface area (Å²) in [6.07, 6.45) is 3.09. The summed E-state index contributed by atoms with van der Waals surface area (Å²) >= 11 is 0. The van der Waals surface area contributed by atoms with Crippen molar-refractivity contribution in [3.05, 3.63) is 30.6 Å². The van der Waals surface area contributed by atoms with E-state index in [-0.39, 0.29) is 0 Å². The van der Waals surface area contributed by atoms with Gasteiger partial charge in [0.1, 0.15) is 17.3 Å². The molecule has 0 spiro atoms. The van der Waals surface area contributed by atoms with E-state index in [2.05, 4.69) is 9.97 Å². The molecular weight excluding hydrogens is 218 g/mol. The Bertz CT molecular complexity index is 489. The highest BCUT2D eigenvalue weighted by Gasteiger charge is 2.13. The number of nitrogens with two attached hydrogens (primary N) is 1. The van der Waals surface area contributed by atoms with Crippen LogP contribution >= 0.6 is 0 Å². The van der Waals surface area contributed by atoms with Crippen LogP contribution in [0, 0.1) is 0 Å². The van der Waals surface area contributed by atoms with Gasteiger partial charge in [0.2, 0.25) is 0 Å². The molecule has 0 saturated carbocycles. The zero-order valence-electron chi connectivity index (χ0n) is 9.68. The molecule has 1 aromatic heterocycles. The minimum absolute atomic E-state index is 0.377. The molecule has 0 saturated heterocycles. The zero-order chi connectivity index (χ0) is 12.3. The van der Waals surface area contributed by atoms with E-state index in [1.807, 2.05) is 18.2 Å². The molecule has 0 aliphatic carbocycles. The number of benzene rings is 1. The fourth-order valence-corrected chi connectivity index (χ4v) is 1.57. The fraction of sp³-hybridized carbons (Fsp3) is 0.167. The molecule has 2 aromatic rings. The van der Waals surface area contributed by atoms with Gasteiger partial charge in [0.25, 0.3) is 0 Å². The third-order valence-corrected chi connectivity index (χ3v) is 2.36. The number of hydrogen-bond donors (Lipinski definition) is 1. The Balaban J connectivity index is 2.59. The lowest BCUT2D eigenvalue weighted by atomic mass is 10.1. The van der Waals surface area contributed by atoms with Gasteiger partial charge in [0.15, 0.2) is 0 Å². The first-order chi connectivity index (χ1) is 8.26. The molecule has 1 heterocycles. The summed E-state index contributed by atoms with van der Waals surface area (Å²) in [5, 5.41) is 0. The van der Waals surface area contributed by atoms with Crippen LogP contribution in [0.5, 0.6) is 11.5 Å². The molecule has 2 N–H and O–H groups in total. The van der Waals surface area contributed by atoms with Crippen molar-refractivity contribution in [3.8, 4) is 22.8 Å². The second-order valence-electron chi connectivity index (χ2n) is 3.36. The van der Waals surface area contributed by atoms with Crippen molar-refractivity contribution in [2.45, 2.75) is 0 Å². The maximum Gasteiger partial charge on any atom is 0.141 e. The Morgan fingerprint density at radius 2 is 1.65 bits per heavy atom. The lowest BCUT2D eigenvalue weighted by molar-refractivity contribution is 0.397. The van der Waals surface area contributed by atoms with Crippen LogP contribution in [-0.4, -0.2) is 24.2 Å². The van der Waals surface area contributed by atoms with E-state index in [0.717, 1.165) is 5.56 Å². The maximum atomic E-state index is 5.51. The van der Waals surface area contributed by atoms with Gasteiger partial charge in [-0.1, -0.05) is 6.07 Å². The van der Waals surface area contributed by atoms with Crippen molar-refractivity contribution in [2.75, 3.05) is 20.0 Å². The molecule has 0 radical (unpaired) electrons. The van der Waals surface area contributed by atoms with Gasteiger partial charge in [0, 0.05) is 0 Å². The Morgan fingerprint density at radius 3 is 2.12 bits per heavy atom. The van der Waals surface area contributed by atoms with Gasteiger partial charge in [-0.2, -0.15) is 0 Å². The topological polar surface area (TPSA) is 70.3 Å². The zero-order valence-corrected chi connectivity index (χ0v) is 9.68. The second kappa shape index (κ2) is 4.69. The number of ether oxygens (including phenoxy) is 2. The molecule has 0 bridgehead atoms. The summed E-state index contributed by atoms with van der Waals surface area (Å²) in [6.45, 7) is 0. The third kappa shape index (κ3) is 2.13. The Labute approximate surface area is 99.2 Å². The number of nitrogen functional groups attached to an aromatic ring is 1. The van der Waals surface area contributed by atoms with Gasteiger partial charge in [-0.3, -0.25) is 4.98 Å². The van der Waals surface area contributed by atoms with E-state index in [0.29, 0.717) is 23.0 Å². The van der Waals surface area contributed by atoms with Crippen molar-refractivity contribution >= 4 is 5.82 Å². The molecular formula is C12H13N3O2. The molecule has 0 aliphatic rings. The number of rotatable bonds is 3. The van der Waals surface area contributed by atoms with Crippen molar-refractivity contribution < 1.29 is 9.47 Å². The standard InChI is InChI=1S/C12H13N3O2/c1-16-9-4-3-5-10(17-2)12(9)8-6-15-11(13)7-14-8/h3-7H,1-2H3,(H2,13,15). The fourth-order valence-electron chi connectivity index (χ4n) is 1.57. The van der Waals surface area contributed by atoms with E-state index in [9.17, 15) is 0 Å². The van der Waals surface area contributed by atoms with E-state index >= 15 is 0 Å². The van der Waals surface area contributed by atoms with Gasteiger partial charge in [0.05, 0.1) is 37.9 Å². The number of aromatic nitrogens is 2. The molecule has 0 atom stereocenters. The van der Waals surface area contributed by atoms with Gasteiger partial charge >= 0.3 is 0 Å². The summed E-state index contributed by atoms with van der Waals surface area (Å²) < 4.78 is 10.6. The molecule has 88 valence electrons. The molecule has 0 aliphatic heterocycles. The molecule has 5 nitrogen and oxygen atoms in total. The van der Waals surface area contributed by atoms with Crippen LogP contribution in [0.4, 0.5) is 5.82 Å². The molecule has 0 amide bonds. The Kier molecular flexibility index (Phi) is 3.09. The number of methoxy groups -OCH3 is 2. The predicted molar refractivity (Wildman–Crippen MR) is 65.0 cm³/mol. The van der Waals surface area contributed by atoms with Crippen LogP contribution in [-0.2, 0) is 0 Å². The minimum atomic E-state index is 0.377. The monoisotopic (exact) mass is 231 g/mol. The summed E-state index contributed by atoms with van der Waals surface area (Å²) in [5.74, 6) is 1.74. The van der Waals surface area contributed by atoms with Gasteiger partial charge < -0.3 is 15.2 Å². The second-order valence-corrected chi connectivity index (χ2v) is 3.36. The average Bonchev–Trinajstić information content (AvgIpc) is 2.38. The number of nitrogens with zero attached hydrogens (tertiary/aromatic N) is 2. The van der Waals surface area contributed by atoms with Gasteiger partial charge in [-0.15, -0.1) is 0 Å². The molecule has 0 fully saturated rings. The third-order valence-electron chi connectivity index (χ3n) is 2.36. The van der Waals surface area contributed by atoms with Crippen LogP contribution in [0.15, 0.2) is 30.6 Å². The summed E-state index contributed by atoms with van der Waals surface area (Å²) in [7, 11) is 3.20. The first kappa shape index (κ1) is 11.2. The highest BCUT2D eigenvalue weighted by atomic mass is 16.5. The minimum Gasteiger partial charge on any atom is -0.496 e. The summed E-state index contributed by atoms with van der Waals surface area (Å²) in [4.78, 5) is 8.23. The maximum absolute atomic E-state index is 5.51. The number of hydrogen-bond acceptors (Lipinski definition) is 5. The van der Waals surface area contributed by atoms with Crippen molar-refractivity contribution in [2.24, 2.45) is 0 Å². The normalized spacial score (nSPS) is 10.0. The van der Waals surface area contributed by atoms with Crippen LogP contribution in [0.3, 0.4) is 0 Å². The number of anilines is 1. The SMILES string of the molecule is COc1cccc(OC)c1-c1cnc(N)cn1. The van der Waals surface area contributed by atoms with Crippen molar-refractivity contribution in [3.63, 3.8) is 0 Å². The molecule has 0 unspecified atom stereocenters. The summed E-state index contributed by atoms with van der Waals surface area (Å²) in [6, 6.07) is 5.54. The average molecular weight is 231 g/mol. The first-order valence-corrected chi connectivity index (χ1v) is 5.05. The summed E-state index contributed by atoms with van der Waals surface area (Å²) in [5.41, 5.74) is 6.94. The lowest BCUT2D eigenvalue weighted by Gasteiger charge is -2.11. The quantitative estimate of drug-likeness (QED) is 0.871. The predicted octanol–water partition coefficient (Wildman–Crippen LogP) is 1.74. The van der Waals surface area contributed by atoms with Gasteiger partial charge in [-0.05, 0) is 12.1 Å². The van der Waals surface area contributed by atoms with E-state index in [1.54, 1.807) is 20.4 Å². The first-order valence-electron chi connectivity index (χ1n) is 5.05. The Morgan fingerprint density at radius 1 is 1.00 bits per heavy atom. The van der Waals surface area contributed by atoms with Crippen molar-refractivity contribution in [1.82, 2.24) is 9.97 Å². The Hall–Kier alpha value is -2.30. The van der Waals surface area contributed by atoms with Gasteiger partial charge in [-0.25, -0.2) is 4.98 Å². The molecule has 2 rings (SSSR count). The van der Waals surface area contributed by atoms with Crippen LogP contribution in [0.2, 0.25) is 0 Å². The molecule has 1 aromatic carbocycles. The van der Waals surface area contributed by atoms with Crippen LogP contribution in [0.25, 0.3) is 11.3 Å². The largest absolute Gasteiger partial charge is 0.496 e. The van der Waals surface area contributed by atoms with E-state index in [1.165, 1.54) is 6.20 Å². The lowest BCUT2D eigenvalue weighted by Crippen LogP contribution is -1.97.